The number of hydrogen-bond acceptors (Lipinski definition) is 4. The van der Waals surface area contributed by atoms with Gasteiger partial charge in [-0.15, -0.1) is 13.2 Å². The maximum absolute atomic E-state index is 11.8. The third-order valence-corrected chi connectivity index (χ3v) is 1.89. The van der Waals surface area contributed by atoms with Crippen LogP contribution in [0.3, 0.4) is 0 Å². The van der Waals surface area contributed by atoms with Crippen LogP contribution in [0.15, 0.2) is 18.2 Å². The Morgan fingerprint density at radius 3 is 2.44 bits per heavy atom. The van der Waals surface area contributed by atoms with Crippen LogP contribution in [0.1, 0.15) is 11.6 Å². The van der Waals surface area contributed by atoms with Gasteiger partial charge in [0.25, 0.3) is 0 Å². The number of nitrogens with two attached hydrogens (primary N) is 2. The number of hydrogen-bond donors (Lipinski definition) is 3. The Morgan fingerprint density at radius 1 is 1.38 bits per heavy atom. The first kappa shape index (κ1) is 12.6. The minimum Gasteiger partial charge on any atom is -0.507 e. The third kappa shape index (κ3) is 3.28. The highest BCUT2D eigenvalue weighted by Gasteiger charge is 2.31. The van der Waals surface area contributed by atoms with Crippen molar-refractivity contribution in [2.24, 2.45) is 11.5 Å². The lowest BCUT2D eigenvalue weighted by Crippen LogP contribution is -2.21. The van der Waals surface area contributed by atoms with Crippen molar-refractivity contribution >= 4 is 0 Å². The molecule has 16 heavy (non-hydrogen) atoms. The molecule has 1 rings (SSSR count). The summed E-state index contributed by atoms with van der Waals surface area (Å²) < 4.78 is 39.2. The van der Waals surface area contributed by atoms with Crippen LogP contribution < -0.4 is 16.2 Å². The van der Waals surface area contributed by atoms with E-state index in [9.17, 15) is 18.3 Å². The molecule has 0 aromatic heterocycles. The van der Waals surface area contributed by atoms with Gasteiger partial charge >= 0.3 is 6.36 Å². The Labute approximate surface area is 89.6 Å². The Bertz CT molecular complexity index is 368. The lowest BCUT2D eigenvalue weighted by atomic mass is 10.1. The van der Waals surface area contributed by atoms with Crippen LogP contribution >= 0.6 is 0 Å². The highest BCUT2D eigenvalue weighted by atomic mass is 19.4. The van der Waals surface area contributed by atoms with Gasteiger partial charge in [-0.2, -0.15) is 0 Å². The van der Waals surface area contributed by atoms with E-state index in [-0.39, 0.29) is 17.9 Å². The standard InChI is InChI=1S/C9H11F3N2O2/c10-9(11,12)16-5-1-2-6(7(14)4-13)8(15)3-5/h1-3,7,15H,4,13-14H2/t7-/m0/s1. The summed E-state index contributed by atoms with van der Waals surface area (Å²) in [5.74, 6) is -0.877. The summed E-state index contributed by atoms with van der Waals surface area (Å²) in [5.41, 5.74) is 11.1. The van der Waals surface area contributed by atoms with Crippen LogP contribution in [0.2, 0.25) is 0 Å². The second kappa shape index (κ2) is 4.58. The fraction of sp³-hybridized carbons (Fsp3) is 0.333. The fourth-order valence-corrected chi connectivity index (χ4v) is 1.16. The molecule has 1 aromatic carbocycles. The second-order valence-electron chi connectivity index (χ2n) is 3.11. The maximum Gasteiger partial charge on any atom is 0.573 e. The molecule has 0 saturated heterocycles. The summed E-state index contributed by atoms with van der Waals surface area (Å²) in [6.07, 6.45) is -4.79. The zero-order chi connectivity index (χ0) is 12.3. The molecule has 0 aliphatic rings. The molecule has 1 atom stereocenters. The molecule has 0 saturated carbocycles. The summed E-state index contributed by atoms with van der Waals surface area (Å²) >= 11 is 0. The molecule has 0 fully saturated rings. The molecule has 0 aliphatic heterocycles. The number of phenols is 1. The van der Waals surface area contributed by atoms with Crippen LogP contribution in [0.5, 0.6) is 11.5 Å². The molecule has 0 spiro atoms. The van der Waals surface area contributed by atoms with Gasteiger partial charge < -0.3 is 21.3 Å². The van der Waals surface area contributed by atoms with Crippen LogP contribution in [0, 0.1) is 0 Å². The van der Waals surface area contributed by atoms with Gasteiger partial charge in [-0.05, 0) is 6.07 Å². The molecular weight excluding hydrogens is 225 g/mol. The highest BCUT2D eigenvalue weighted by Crippen LogP contribution is 2.30. The first-order valence-corrected chi connectivity index (χ1v) is 4.38. The van der Waals surface area contributed by atoms with Gasteiger partial charge in [0.2, 0.25) is 0 Å². The smallest absolute Gasteiger partial charge is 0.507 e. The zero-order valence-electron chi connectivity index (χ0n) is 8.16. The molecule has 1 aromatic rings. The predicted molar refractivity (Wildman–Crippen MR) is 50.8 cm³/mol. The number of alkyl halides is 3. The molecule has 5 N–H and O–H groups in total. The molecular formula is C9H11F3N2O2. The first-order valence-electron chi connectivity index (χ1n) is 4.38. The van der Waals surface area contributed by atoms with Crippen molar-refractivity contribution in [1.29, 1.82) is 0 Å². The molecule has 0 amide bonds. The lowest BCUT2D eigenvalue weighted by molar-refractivity contribution is -0.274. The van der Waals surface area contributed by atoms with Crippen LogP contribution in [-0.4, -0.2) is 18.0 Å². The number of phenolic OH excluding ortho intramolecular Hbond substituents is 1. The maximum atomic E-state index is 11.8. The van der Waals surface area contributed by atoms with Crippen molar-refractivity contribution in [2.45, 2.75) is 12.4 Å². The number of halogens is 3. The molecule has 0 aliphatic carbocycles. The Balaban J connectivity index is 2.91. The van der Waals surface area contributed by atoms with Gasteiger partial charge in [0, 0.05) is 24.2 Å². The molecule has 0 heterocycles. The molecule has 4 nitrogen and oxygen atoms in total. The van der Waals surface area contributed by atoms with E-state index >= 15 is 0 Å². The Kier molecular flexibility index (Phi) is 3.61. The second-order valence-corrected chi connectivity index (χ2v) is 3.11. The van der Waals surface area contributed by atoms with Crippen molar-refractivity contribution in [2.75, 3.05) is 6.54 Å². The van der Waals surface area contributed by atoms with E-state index in [0.29, 0.717) is 0 Å². The fourth-order valence-electron chi connectivity index (χ4n) is 1.16. The number of rotatable bonds is 3. The monoisotopic (exact) mass is 236 g/mol. The largest absolute Gasteiger partial charge is 0.573 e. The topological polar surface area (TPSA) is 81.5 Å². The van der Waals surface area contributed by atoms with Gasteiger partial charge in [0.15, 0.2) is 0 Å². The minimum atomic E-state index is -4.79. The van der Waals surface area contributed by atoms with Gasteiger partial charge in [-0.1, -0.05) is 6.07 Å². The van der Waals surface area contributed by atoms with Crippen molar-refractivity contribution in [3.05, 3.63) is 23.8 Å². The van der Waals surface area contributed by atoms with Gasteiger partial charge in [-0.25, -0.2) is 0 Å². The normalized spacial score (nSPS) is 13.6. The molecule has 0 radical (unpaired) electrons. The van der Waals surface area contributed by atoms with Crippen molar-refractivity contribution in [1.82, 2.24) is 0 Å². The zero-order valence-corrected chi connectivity index (χ0v) is 8.16. The number of benzene rings is 1. The lowest BCUT2D eigenvalue weighted by Gasteiger charge is -2.13. The van der Waals surface area contributed by atoms with Crippen molar-refractivity contribution < 1.29 is 23.0 Å². The minimum absolute atomic E-state index is 0.0764. The molecule has 0 unspecified atom stereocenters. The predicted octanol–water partition coefficient (Wildman–Crippen LogP) is 1.25. The summed E-state index contributed by atoms with van der Waals surface area (Å²) in [6, 6.07) is 2.53. The van der Waals surface area contributed by atoms with Crippen molar-refractivity contribution in [3.63, 3.8) is 0 Å². The van der Waals surface area contributed by atoms with Gasteiger partial charge in [-0.3, -0.25) is 0 Å². The average Bonchev–Trinajstić information content (AvgIpc) is 2.14. The van der Waals surface area contributed by atoms with E-state index in [0.717, 1.165) is 12.1 Å². The summed E-state index contributed by atoms with van der Waals surface area (Å²) in [6.45, 7) is 0.0764. The van der Waals surface area contributed by atoms with E-state index in [1.165, 1.54) is 6.07 Å². The van der Waals surface area contributed by atoms with Gasteiger partial charge in [0.05, 0.1) is 0 Å². The summed E-state index contributed by atoms with van der Waals surface area (Å²) in [7, 11) is 0. The summed E-state index contributed by atoms with van der Waals surface area (Å²) in [4.78, 5) is 0. The van der Waals surface area contributed by atoms with Gasteiger partial charge in [0.1, 0.15) is 11.5 Å². The molecule has 0 bridgehead atoms. The number of ether oxygens (including phenoxy) is 1. The SMILES string of the molecule is NC[C@H](N)c1ccc(OC(F)(F)F)cc1O. The quantitative estimate of drug-likeness (QED) is 0.737. The Hall–Kier alpha value is -1.47. The molecule has 90 valence electrons. The highest BCUT2D eigenvalue weighted by molar-refractivity contribution is 5.41. The van der Waals surface area contributed by atoms with Crippen LogP contribution in [0.4, 0.5) is 13.2 Å². The van der Waals surface area contributed by atoms with E-state index in [1.807, 2.05) is 0 Å². The van der Waals surface area contributed by atoms with Crippen LogP contribution in [0.25, 0.3) is 0 Å². The molecule has 7 heteroatoms. The van der Waals surface area contributed by atoms with Crippen LogP contribution in [-0.2, 0) is 0 Å². The average molecular weight is 236 g/mol. The van der Waals surface area contributed by atoms with Crippen molar-refractivity contribution in [3.8, 4) is 11.5 Å². The van der Waals surface area contributed by atoms with E-state index in [4.69, 9.17) is 11.5 Å². The van der Waals surface area contributed by atoms with E-state index in [2.05, 4.69) is 4.74 Å². The Morgan fingerprint density at radius 2 is 2.00 bits per heavy atom. The number of aromatic hydroxyl groups is 1. The third-order valence-electron chi connectivity index (χ3n) is 1.89. The van der Waals surface area contributed by atoms with E-state index in [1.54, 1.807) is 0 Å². The first-order chi connectivity index (χ1) is 7.33. The van der Waals surface area contributed by atoms with E-state index < -0.39 is 18.2 Å². The summed E-state index contributed by atoms with van der Waals surface area (Å²) in [5, 5.41) is 9.41.